The van der Waals surface area contributed by atoms with E-state index in [1.165, 1.54) is 0 Å². The van der Waals surface area contributed by atoms with Crippen molar-refractivity contribution in [2.75, 3.05) is 25.9 Å². The number of rotatable bonds is 3. The molecule has 1 aliphatic heterocycles. The molecule has 72 valence electrons. The molecule has 4 heteroatoms. The molecule has 0 aromatic carbocycles. The molecule has 1 N–H and O–H groups in total. The van der Waals surface area contributed by atoms with Gasteiger partial charge >= 0.3 is 0 Å². The first-order chi connectivity index (χ1) is 5.75. The summed E-state index contributed by atoms with van der Waals surface area (Å²) in [5, 5.41) is 3.30. The zero-order valence-electron chi connectivity index (χ0n) is 7.88. The molecule has 0 spiro atoms. The van der Waals surface area contributed by atoms with Gasteiger partial charge in [-0.05, 0) is 25.9 Å². The molecule has 0 aromatic heterocycles. The molecule has 1 saturated heterocycles. The summed E-state index contributed by atoms with van der Waals surface area (Å²) in [7, 11) is 1.20. The fraction of sp³-hybridized carbons (Fsp3) is 1.00. The summed E-state index contributed by atoms with van der Waals surface area (Å²) in [5.41, 5.74) is 0. The fourth-order valence-electron chi connectivity index (χ4n) is 1.54. The maximum absolute atomic E-state index is 11.4. The number of hydrogen-bond acceptors (Lipinski definition) is 2. The average molecular weight is 190 g/mol. The van der Waals surface area contributed by atoms with E-state index in [4.69, 9.17) is 0 Å². The van der Waals surface area contributed by atoms with E-state index in [0.29, 0.717) is 6.04 Å². The Bertz CT molecular complexity index is 157. The first-order valence-electron chi connectivity index (χ1n) is 4.57. The molecule has 0 aromatic rings. The van der Waals surface area contributed by atoms with Crippen LogP contribution in [-0.4, -0.2) is 40.4 Å². The summed E-state index contributed by atoms with van der Waals surface area (Å²) in [5.74, 6) is 0.737. The molecule has 1 rings (SSSR count). The Balaban J connectivity index is 2.39. The van der Waals surface area contributed by atoms with Crippen molar-refractivity contribution in [1.29, 1.82) is 0 Å². The van der Waals surface area contributed by atoms with Gasteiger partial charge < -0.3 is 5.32 Å². The molecule has 1 unspecified atom stereocenters. The number of nitrogens with zero attached hydrogens (tertiary/aromatic N) is 1. The lowest BCUT2D eigenvalue weighted by atomic mass is 10.1. The average Bonchev–Trinajstić information content (AvgIpc) is 2.17. The molecular formula is C8H18N2OS. The molecule has 1 heterocycles. The van der Waals surface area contributed by atoms with Gasteiger partial charge in [0.1, 0.15) is 0 Å². The predicted octanol–water partition coefficient (Wildman–Crippen LogP) is 0.354. The Labute approximate surface area is 77.1 Å². The standard InChI is InChI=1S/C8H18N2OS/c1-3-12(11)10(2)8-4-6-9-7-5-8/h8-9H,3-7H2,1-2H3. The van der Waals surface area contributed by atoms with E-state index >= 15 is 0 Å². The van der Waals surface area contributed by atoms with E-state index in [1.54, 1.807) is 0 Å². The monoisotopic (exact) mass is 190 g/mol. The molecule has 3 nitrogen and oxygen atoms in total. The van der Waals surface area contributed by atoms with E-state index < -0.39 is 11.0 Å². The summed E-state index contributed by atoms with van der Waals surface area (Å²) in [6, 6.07) is 0.520. The molecular weight excluding hydrogens is 172 g/mol. The summed E-state index contributed by atoms with van der Waals surface area (Å²) < 4.78 is 13.4. The van der Waals surface area contributed by atoms with Gasteiger partial charge in [0, 0.05) is 18.8 Å². The highest BCUT2D eigenvalue weighted by atomic mass is 32.2. The first kappa shape index (κ1) is 10.2. The minimum Gasteiger partial charge on any atom is -0.317 e. The van der Waals surface area contributed by atoms with Gasteiger partial charge in [-0.3, -0.25) is 0 Å². The molecule has 0 bridgehead atoms. The van der Waals surface area contributed by atoms with Crippen molar-refractivity contribution in [3.8, 4) is 0 Å². The van der Waals surface area contributed by atoms with Crippen molar-refractivity contribution in [2.24, 2.45) is 0 Å². The lowest BCUT2D eigenvalue weighted by Gasteiger charge is -2.30. The Hall–Kier alpha value is 0.0700. The molecule has 12 heavy (non-hydrogen) atoms. The third-order valence-corrected chi connectivity index (χ3v) is 3.83. The predicted molar refractivity (Wildman–Crippen MR) is 52.3 cm³/mol. The van der Waals surface area contributed by atoms with Gasteiger partial charge in [0.25, 0.3) is 0 Å². The Morgan fingerprint density at radius 2 is 2.08 bits per heavy atom. The molecule has 1 aliphatic rings. The maximum Gasteiger partial charge on any atom is 0.0939 e. The van der Waals surface area contributed by atoms with E-state index in [9.17, 15) is 4.21 Å². The van der Waals surface area contributed by atoms with E-state index in [0.717, 1.165) is 31.7 Å². The van der Waals surface area contributed by atoms with Crippen LogP contribution in [0.4, 0.5) is 0 Å². The van der Waals surface area contributed by atoms with Crippen LogP contribution in [0.3, 0.4) is 0 Å². The quantitative estimate of drug-likeness (QED) is 0.696. The number of nitrogens with one attached hydrogen (secondary N) is 1. The van der Waals surface area contributed by atoms with Crippen LogP contribution >= 0.6 is 0 Å². The highest BCUT2D eigenvalue weighted by Gasteiger charge is 2.20. The van der Waals surface area contributed by atoms with Crippen molar-refractivity contribution in [1.82, 2.24) is 9.62 Å². The van der Waals surface area contributed by atoms with Crippen LogP contribution in [0.1, 0.15) is 19.8 Å². The summed E-state index contributed by atoms with van der Waals surface area (Å²) in [4.78, 5) is 0. The van der Waals surface area contributed by atoms with Crippen LogP contribution in [0.5, 0.6) is 0 Å². The minimum atomic E-state index is -0.764. The summed E-state index contributed by atoms with van der Waals surface area (Å²) >= 11 is 0. The summed E-state index contributed by atoms with van der Waals surface area (Å²) in [6.07, 6.45) is 2.25. The second kappa shape index (κ2) is 4.94. The minimum absolute atomic E-state index is 0.520. The molecule has 1 fully saturated rings. The topological polar surface area (TPSA) is 32.3 Å². The second-order valence-corrected chi connectivity index (χ2v) is 4.93. The van der Waals surface area contributed by atoms with Gasteiger partial charge in [-0.25, -0.2) is 8.51 Å². The van der Waals surface area contributed by atoms with Crippen molar-refractivity contribution in [3.63, 3.8) is 0 Å². The smallest absolute Gasteiger partial charge is 0.0939 e. The van der Waals surface area contributed by atoms with Gasteiger partial charge in [0.05, 0.1) is 11.0 Å². The van der Waals surface area contributed by atoms with Crippen LogP contribution in [0, 0.1) is 0 Å². The normalized spacial score (nSPS) is 22.9. The van der Waals surface area contributed by atoms with Crippen LogP contribution in [0.15, 0.2) is 0 Å². The van der Waals surface area contributed by atoms with Gasteiger partial charge in [0.15, 0.2) is 0 Å². The van der Waals surface area contributed by atoms with Gasteiger partial charge in [-0.15, -0.1) is 0 Å². The molecule has 1 atom stereocenters. The van der Waals surface area contributed by atoms with Crippen molar-refractivity contribution >= 4 is 11.0 Å². The molecule has 0 aliphatic carbocycles. The van der Waals surface area contributed by atoms with Crippen LogP contribution in [-0.2, 0) is 11.0 Å². The zero-order chi connectivity index (χ0) is 8.97. The van der Waals surface area contributed by atoms with Crippen molar-refractivity contribution < 1.29 is 4.21 Å². The van der Waals surface area contributed by atoms with Gasteiger partial charge in [0.2, 0.25) is 0 Å². The Kier molecular flexibility index (Phi) is 4.18. The number of piperidine rings is 1. The van der Waals surface area contributed by atoms with Crippen molar-refractivity contribution in [2.45, 2.75) is 25.8 Å². The van der Waals surface area contributed by atoms with E-state index in [-0.39, 0.29) is 0 Å². The third-order valence-electron chi connectivity index (χ3n) is 2.39. The molecule has 0 radical (unpaired) electrons. The van der Waals surface area contributed by atoms with E-state index in [1.807, 2.05) is 18.3 Å². The van der Waals surface area contributed by atoms with Crippen LogP contribution in [0.2, 0.25) is 0 Å². The van der Waals surface area contributed by atoms with Crippen LogP contribution < -0.4 is 5.32 Å². The fourth-order valence-corrected chi connectivity index (χ4v) is 2.49. The highest BCUT2D eigenvalue weighted by Crippen LogP contribution is 2.11. The highest BCUT2D eigenvalue weighted by molar-refractivity contribution is 7.82. The SMILES string of the molecule is CCS(=O)N(C)C1CCNCC1. The molecule has 0 amide bonds. The van der Waals surface area contributed by atoms with E-state index in [2.05, 4.69) is 5.32 Å². The van der Waals surface area contributed by atoms with Crippen molar-refractivity contribution in [3.05, 3.63) is 0 Å². The van der Waals surface area contributed by atoms with Gasteiger partial charge in [-0.2, -0.15) is 0 Å². The summed E-state index contributed by atoms with van der Waals surface area (Å²) in [6.45, 7) is 4.10. The maximum atomic E-state index is 11.4. The van der Waals surface area contributed by atoms with Gasteiger partial charge in [-0.1, -0.05) is 6.92 Å². The zero-order valence-corrected chi connectivity index (χ0v) is 8.69. The Morgan fingerprint density at radius 3 is 2.58 bits per heavy atom. The Morgan fingerprint density at radius 1 is 1.50 bits per heavy atom. The third kappa shape index (κ3) is 2.54. The van der Waals surface area contributed by atoms with Crippen LogP contribution in [0.25, 0.3) is 0 Å². The number of hydrogen-bond donors (Lipinski definition) is 1. The lowest BCUT2D eigenvalue weighted by Crippen LogP contribution is -2.42. The second-order valence-electron chi connectivity index (χ2n) is 3.14. The largest absolute Gasteiger partial charge is 0.317 e. The molecule has 0 saturated carbocycles. The lowest BCUT2D eigenvalue weighted by molar-refractivity contribution is 0.308. The first-order valence-corrected chi connectivity index (χ1v) is 5.85.